The summed E-state index contributed by atoms with van der Waals surface area (Å²) in [6.07, 6.45) is 4.31. The zero-order valence-electron chi connectivity index (χ0n) is 11.2. The van der Waals surface area contributed by atoms with Crippen LogP contribution in [-0.4, -0.2) is 0 Å². The Morgan fingerprint density at radius 3 is 2.24 bits per heavy atom. The molecule has 0 radical (unpaired) electrons. The van der Waals surface area contributed by atoms with Crippen LogP contribution in [0.1, 0.15) is 45.6 Å². The van der Waals surface area contributed by atoms with E-state index >= 15 is 0 Å². The summed E-state index contributed by atoms with van der Waals surface area (Å²) in [5.41, 5.74) is 3.35. The first kappa shape index (κ1) is 10.2. The van der Waals surface area contributed by atoms with Crippen molar-refractivity contribution in [1.82, 2.24) is 0 Å². The van der Waals surface area contributed by atoms with E-state index in [1.807, 2.05) is 0 Å². The minimum Gasteiger partial charge on any atom is -0.0648 e. The molecule has 0 amide bonds. The van der Waals surface area contributed by atoms with E-state index in [0.29, 0.717) is 16.2 Å². The van der Waals surface area contributed by atoms with Gasteiger partial charge in [-0.1, -0.05) is 51.1 Å². The average molecular weight is 226 g/mol. The molecule has 0 heterocycles. The molecule has 90 valence electrons. The predicted molar refractivity (Wildman–Crippen MR) is 70.8 cm³/mol. The van der Waals surface area contributed by atoms with Crippen molar-refractivity contribution in [2.45, 2.75) is 45.4 Å². The lowest BCUT2D eigenvalue weighted by molar-refractivity contribution is -0.0483. The molecule has 0 N–H and O–H groups in total. The summed E-state index contributed by atoms with van der Waals surface area (Å²) in [5.74, 6) is 2.03. The Labute approximate surface area is 104 Å². The van der Waals surface area contributed by atoms with Crippen LogP contribution in [0.4, 0.5) is 0 Å². The molecule has 0 heteroatoms. The molecule has 0 saturated heterocycles. The molecule has 4 rings (SSSR count). The van der Waals surface area contributed by atoms with Crippen LogP contribution in [-0.2, 0) is 5.41 Å². The Kier molecular flexibility index (Phi) is 1.57. The second kappa shape index (κ2) is 2.63. The van der Waals surface area contributed by atoms with Crippen LogP contribution in [0.15, 0.2) is 30.3 Å². The highest BCUT2D eigenvalue weighted by molar-refractivity contribution is 5.55. The van der Waals surface area contributed by atoms with Gasteiger partial charge in [0.05, 0.1) is 0 Å². The van der Waals surface area contributed by atoms with Gasteiger partial charge in [0.1, 0.15) is 0 Å². The molecule has 3 fully saturated rings. The maximum Gasteiger partial charge on any atom is 0.0105 e. The molecule has 1 aromatic carbocycles. The van der Waals surface area contributed by atoms with Gasteiger partial charge in [0.25, 0.3) is 0 Å². The van der Waals surface area contributed by atoms with Crippen LogP contribution >= 0.6 is 0 Å². The fourth-order valence-corrected chi connectivity index (χ4v) is 6.34. The fraction of sp³-hybridized carbons (Fsp3) is 0.647. The summed E-state index contributed by atoms with van der Waals surface area (Å²) in [5, 5.41) is 0. The smallest absolute Gasteiger partial charge is 0.0105 e. The van der Waals surface area contributed by atoms with E-state index in [1.54, 1.807) is 5.56 Å². The van der Waals surface area contributed by atoms with Gasteiger partial charge in [-0.05, 0) is 47.5 Å². The predicted octanol–water partition coefficient (Wildman–Crippen LogP) is 4.40. The monoisotopic (exact) mass is 226 g/mol. The van der Waals surface area contributed by atoms with E-state index in [1.165, 1.54) is 19.3 Å². The Morgan fingerprint density at radius 1 is 1.06 bits per heavy atom. The molecule has 0 spiro atoms. The molecule has 3 aliphatic carbocycles. The highest BCUT2D eigenvalue weighted by Gasteiger charge is 2.95. The van der Waals surface area contributed by atoms with Gasteiger partial charge < -0.3 is 0 Å². The first-order valence-electron chi connectivity index (χ1n) is 7.20. The maximum absolute atomic E-state index is 2.57. The molecule has 0 unspecified atom stereocenters. The van der Waals surface area contributed by atoms with Gasteiger partial charge in [-0.3, -0.25) is 0 Å². The molecule has 0 nitrogen and oxygen atoms in total. The van der Waals surface area contributed by atoms with E-state index in [-0.39, 0.29) is 0 Å². The first-order valence-corrected chi connectivity index (χ1v) is 7.20. The number of hydrogen-bond donors (Lipinski definition) is 0. The number of benzene rings is 1. The second-order valence-corrected chi connectivity index (χ2v) is 6.85. The van der Waals surface area contributed by atoms with Crippen molar-refractivity contribution in [2.24, 2.45) is 22.7 Å². The van der Waals surface area contributed by atoms with Crippen molar-refractivity contribution in [3.63, 3.8) is 0 Å². The van der Waals surface area contributed by atoms with Crippen LogP contribution in [0.25, 0.3) is 0 Å². The normalized spacial score (nSPS) is 54.1. The first-order chi connectivity index (χ1) is 8.14. The Morgan fingerprint density at radius 2 is 1.71 bits per heavy atom. The molecular formula is C17H22. The Hall–Kier alpha value is -0.780. The topological polar surface area (TPSA) is 0 Å². The number of rotatable bonds is 2. The zero-order chi connectivity index (χ0) is 11.9. The van der Waals surface area contributed by atoms with Crippen LogP contribution in [0.3, 0.4) is 0 Å². The molecule has 0 bridgehead atoms. The summed E-state index contributed by atoms with van der Waals surface area (Å²) in [4.78, 5) is 0. The highest BCUT2D eigenvalue weighted by atomic mass is 15.0. The van der Waals surface area contributed by atoms with Crippen molar-refractivity contribution in [2.75, 3.05) is 0 Å². The van der Waals surface area contributed by atoms with Gasteiger partial charge in [0.15, 0.2) is 0 Å². The van der Waals surface area contributed by atoms with Crippen molar-refractivity contribution >= 4 is 0 Å². The number of hydrogen-bond acceptors (Lipinski definition) is 0. The molecule has 3 aliphatic rings. The van der Waals surface area contributed by atoms with Gasteiger partial charge in [0, 0.05) is 5.41 Å². The average Bonchev–Trinajstić information content (AvgIpc) is 2.70. The quantitative estimate of drug-likeness (QED) is 0.701. The van der Waals surface area contributed by atoms with E-state index in [2.05, 4.69) is 51.1 Å². The minimum absolute atomic E-state index is 0.541. The molecule has 5 atom stereocenters. The van der Waals surface area contributed by atoms with Crippen molar-refractivity contribution < 1.29 is 0 Å². The Bertz CT molecular complexity index is 466. The summed E-state index contributed by atoms with van der Waals surface area (Å²) in [6.45, 7) is 7.52. The van der Waals surface area contributed by atoms with E-state index < -0.39 is 0 Å². The van der Waals surface area contributed by atoms with Crippen molar-refractivity contribution in [1.29, 1.82) is 0 Å². The molecule has 0 aliphatic heterocycles. The summed E-state index contributed by atoms with van der Waals surface area (Å²) in [6, 6.07) is 11.4. The summed E-state index contributed by atoms with van der Waals surface area (Å²) >= 11 is 0. The SMILES string of the molecule is CC[C@]1(C)[C@@]2(C)[C@H]3CC[C@@H]3[C@]12c1ccccc1. The highest BCUT2D eigenvalue weighted by Crippen LogP contribution is 2.97. The molecule has 17 heavy (non-hydrogen) atoms. The van der Waals surface area contributed by atoms with Crippen LogP contribution < -0.4 is 0 Å². The standard InChI is InChI=1S/C17H22/c1-4-15(2)16(3)13-10-11-14(13)17(15,16)12-8-6-5-7-9-12/h5-9,13-14H,4,10-11H2,1-3H3/t13-,14-,15+,16+,17+/m0/s1. The Balaban J connectivity index is 1.89. The molecule has 1 aromatic rings. The van der Waals surface area contributed by atoms with Gasteiger partial charge in [0.2, 0.25) is 0 Å². The third kappa shape index (κ3) is 0.687. The number of fused-ring (bicyclic) bond motifs is 4. The third-order valence-electron chi connectivity index (χ3n) is 7.28. The lowest BCUT2D eigenvalue weighted by Crippen LogP contribution is -2.54. The largest absolute Gasteiger partial charge is 0.0648 e. The van der Waals surface area contributed by atoms with E-state index in [9.17, 15) is 0 Å². The van der Waals surface area contributed by atoms with Crippen molar-refractivity contribution in [3.8, 4) is 0 Å². The molecular weight excluding hydrogens is 204 g/mol. The van der Waals surface area contributed by atoms with Crippen LogP contribution in [0.2, 0.25) is 0 Å². The van der Waals surface area contributed by atoms with Gasteiger partial charge in [-0.25, -0.2) is 0 Å². The van der Waals surface area contributed by atoms with Crippen LogP contribution in [0, 0.1) is 22.7 Å². The second-order valence-electron chi connectivity index (χ2n) is 6.85. The van der Waals surface area contributed by atoms with Gasteiger partial charge >= 0.3 is 0 Å². The van der Waals surface area contributed by atoms with Gasteiger partial charge in [-0.15, -0.1) is 0 Å². The summed E-state index contributed by atoms with van der Waals surface area (Å²) in [7, 11) is 0. The maximum atomic E-state index is 2.57. The molecule has 0 aromatic heterocycles. The van der Waals surface area contributed by atoms with Crippen molar-refractivity contribution in [3.05, 3.63) is 35.9 Å². The lowest BCUT2D eigenvalue weighted by Gasteiger charge is -2.58. The third-order valence-corrected chi connectivity index (χ3v) is 7.28. The summed E-state index contributed by atoms with van der Waals surface area (Å²) < 4.78 is 0. The minimum atomic E-state index is 0.541. The zero-order valence-corrected chi connectivity index (χ0v) is 11.2. The van der Waals surface area contributed by atoms with E-state index in [0.717, 1.165) is 11.8 Å². The lowest BCUT2D eigenvalue weighted by atomic mass is 9.46. The van der Waals surface area contributed by atoms with Gasteiger partial charge in [-0.2, -0.15) is 0 Å². The molecule has 3 saturated carbocycles. The fourth-order valence-electron chi connectivity index (χ4n) is 6.34. The van der Waals surface area contributed by atoms with E-state index in [4.69, 9.17) is 0 Å². The van der Waals surface area contributed by atoms with Crippen LogP contribution in [0.5, 0.6) is 0 Å².